The molecule has 0 spiro atoms. The van der Waals surface area contributed by atoms with Crippen molar-refractivity contribution in [3.8, 4) is 6.07 Å². The van der Waals surface area contributed by atoms with E-state index in [4.69, 9.17) is 4.74 Å². The molecule has 2 fully saturated rings. The zero-order valence-corrected chi connectivity index (χ0v) is 12.5. The third-order valence-electron chi connectivity index (χ3n) is 4.96. The lowest BCUT2D eigenvalue weighted by Gasteiger charge is -2.38. The van der Waals surface area contributed by atoms with E-state index in [0.717, 1.165) is 38.6 Å². The van der Waals surface area contributed by atoms with Crippen LogP contribution in [0.4, 0.5) is 0 Å². The summed E-state index contributed by atoms with van der Waals surface area (Å²) in [4.78, 5) is 2.59. The van der Waals surface area contributed by atoms with E-state index in [1.165, 1.54) is 25.8 Å². The quantitative estimate of drug-likeness (QED) is 0.783. The lowest BCUT2D eigenvalue weighted by molar-refractivity contribution is 0.0537. The predicted octanol–water partition coefficient (Wildman–Crippen LogP) is 2.92. The summed E-state index contributed by atoms with van der Waals surface area (Å²) in [5.74, 6) is 2.32. The minimum Gasteiger partial charge on any atom is -0.381 e. The van der Waals surface area contributed by atoms with E-state index in [9.17, 15) is 5.26 Å². The Kier molecular flexibility index (Phi) is 5.66. The van der Waals surface area contributed by atoms with Gasteiger partial charge in [-0.3, -0.25) is 0 Å². The van der Waals surface area contributed by atoms with Crippen molar-refractivity contribution in [2.24, 2.45) is 23.7 Å². The van der Waals surface area contributed by atoms with Crippen LogP contribution in [0.1, 0.15) is 39.5 Å². The van der Waals surface area contributed by atoms with Gasteiger partial charge in [0, 0.05) is 19.8 Å². The average Bonchev–Trinajstić information content (AvgIpc) is 2.46. The first kappa shape index (κ1) is 14.8. The summed E-state index contributed by atoms with van der Waals surface area (Å²) in [7, 11) is 0. The molecule has 2 saturated heterocycles. The highest BCUT2D eigenvalue weighted by molar-refractivity contribution is 4.94. The second-order valence-electron chi connectivity index (χ2n) is 6.58. The molecule has 0 aliphatic carbocycles. The zero-order valence-electron chi connectivity index (χ0n) is 12.5. The molecule has 2 atom stereocenters. The molecule has 0 saturated carbocycles. The molecule has 0 N–H and O–H groups in total. The molecule has 0 aromatic heterocycles. The molecule has 0 aromatic rings. The maximum absolute atomic E-state index is 9.25. The van der Waals surface area contributed by atoms with E-state index in [2.05, 4.69) is 24.8 Å². The molecule has 2 aliphatic rings. The van der Waals surface area contributed by atoms with Gasteiger partial charge in [-0.25, -0.2) is 0 Å². The smallest absolute Gasteiger partial charge is 0.0659 e. The second-order valence-corrected chi connectivity index (χ2v) is 6.58. The summed E-state index contributed by atoms with van der Waals surface area (Å²) in [5.41, 5.74) is 0. The molecule has 0 radical (unpaired) electrons. The van der Waals surface area contributed by atoms with Gasteiger partial charge in [-0.05, 0) is 56.5 Å². The van der Waals surface area contributed by atoms with Crippen LogP contribution in [0.2, 0.25) is 0 Å². The fraction of sp³-hybridized carbons (Fsp3) is 0.938. The first-order valence-electron chi connectivity index (χ1n) is 7.90. The molecule has 2 rings (SSSR count). The number of nitriles is 1. The molecule has 3 nitrogen and oxygen atoms in total. The Morgan fingerprint density at radius 2 is 2.00 bits per heavy atom. The fourth-order valence-electron chi connectivity index (χ4n) is 3.49. The zero-order chi connectivity index (χ0) is 13.7. The van der Waals surface area contributed by atoms with Gasteiger partial charge in [0.1, 0.15) is 0 Å². The van der Waals surface area contributed by atoms with Crippen LogP contribution in [0.3, 0.4) is 0 Å². The van der Waals surface area contributed by atoms with Crippen LogP contribution in [0.5, 0.6) is 0 Å². The van der Waals surface area contributed by atoms with Crippen molar-refractivity contribution in [2.45, 2.75) is 39.5 Å². The maximum Gasteiger partial charge on any atom is 0.0659 e. The maximum atomic E-state index is 9.25. The van der Waals surface area contributed by atoms with Gasteiger partial charge in [-0.2, -0.15) is 5.26 Å². The molecule has 0 bridgehead atoms. The van der Waals surface area contributed by atoms with Crippen molar-refractivity contribution in [1.29, 1.82) is 5.26 Å². The summed E-state index contributed by atoms with van der Waals surface area (Å²) >= 11 is 0. The van der Waals surface area contributed by atoms with Gasteiger partial charge in [0.2, 0.25) is 0 Å². The number of nitrogens with zero attached hydrogens (tertiary/aromatic N) is 2. The summed E-state index contributed by atoms with van der Waals surface area (Å²) in [6, 6.07) is 2.52. The van der Waals surface area contributed by atoms with Gasteiger partial charge in [-0.15, -0.1) is 0 Å². The number of likely N-dealkylation sites (tertiary alicyclic amines) is 1. The van der Waals surface area contributed by atoms with Gasteiger partial charge in [0.15, 0.2) is 0 Å². The van der Waals surface area contributed by atoms with E-state index in [1.807, 2.05) is 0 Å². The van der Waals surface area contributed by atoms with Crippen molar-refractivity contribution in [3.63, 3.8) is 0 Å². The van der Waals surface area contributed by atoms with Crippen LogP contribution in [0, 0.1) is 35.0 Å². The standard InChI is InChI=1S/C16H28N2O/c1-13(2)16-12-18(8-4-15(16)11-17)7-3-14-5-9-19-10-6-14/h13-16H,3-10,12H2,1-2H3. The molecule has 2 aliphatic heterocycles. The predicted molar refractivity (Wildman–Crippen MR) is 76.6 cm³/mol. The summed E-state index contributed by atoms with van der Waals surface area (Å²) in [6.45, 7) is 9.88. The second kappa shape index (κ2) is 7.26. The Bertz CT molecular complexity index is 304. The highest BCUT2D eigenvalue weighted by Crippen LogP contribution is 2.29. The fourth-order valence-corrected chi connectivity index (χ4v) is 3.49. The van der Waals surface area contributed by atoms with Crippen molar-refractivity contribution in [1.82, 2.24) is 4.90 Å². The third-order valence-corrected chi connectivity index (χ3v) is 4.96. The van der Waals surface area contributed by atoms with Crippen LogP contribution in [-0.2, 0) is 4.74 Å². The summed E-state index contributed by atoms with van der Waals surface area (Å²) < 4.78 is 5.42. The largest absolute Gasteiger partial charge is 0.381 e. The van der Waals surface area contributed by atoms with E-state index < -0.39 is 0 Å². The van der Waals surface area contributed by atoms with Crippen LogP contribution < -0.4 is 0 Å². The number of piperidine rings is 1. The van der Waals surface area contributed by atoms with Gasteiger partial charge in [-0.1, -0.05) is 13.8 Å². The minimum atomic E-state index is 0.277. The van der Waals surface area contributed by atoms with Crippen LogP contribution in [0.25, 0.3) is 0 Å². The van der Waals surface area contributed by atoms with E-state index >= 15 is 0 Å². The summed E-state index contributed by atoms with van der Waals surface area (Å²) in [5, 5.41) is 9.25. The molecule has 2 heterocycles. The Hall–Kier alpha value is -0.590. The van der Waals surface area contributed by atoms with Crippen molar-refractivity contribution < 1.29 is 4.74 Å². The van der Waals surface area contributed by atoms with Gasteiger partial charge in [0.05, 0.1) is 12.0 Å². The van der Waals surface area contributed by atoms with E-state index in [-0.39, 0.29) is 5.92 Å². The van der Waals surface area contributed by atoms with E-state index in [0.29, 0.717) is 11.8 Å². The Labute approximate surface area is 117 Å². The first-order chi connectivity index (χ1) is 9.20. The molecule has 3 heteroatoms. The Morgan fingerprint density at radius 3 is 2.63 bits per heavy atom. The molecule has 0 amide bonds. The van der Waals surface area contributed by atoms with Gasteiger partial charge < -0.3 is 9.64 Å². The van der Waals surface area contributed by atoms with Crippen molar-refractivity contribution in [3.05, 3.63) is 0 Å². The first-order valence-corrected chi connectivity index (χ1v) is 7.90. The topological polar surface area (TPSA) is 36.3 Å². The number of rotatable bonds is 4. The highest BCUT2D eigenvalue weighted by atomic mass is 16.5. The van der Waals surface area contributed by atoms with Crippen molar-refractivity contribution in [2.75, 3.05) is 32.8 Å². The lowest BCUT2D eigenvalue weighted by atomic mass is 9.79. The monoisotopic (exact) mass is 264 g/mol. The van der Waals surface area contributed by atoms with Crippen LogP contribution >= 0.6 is 0 Å². The van der Waals surface area contributed by atoms with Crippen LogP contribution in [0.15, 0.2) is 0 Å². The summed E-state index contributed by atoms with van der Waals surface area (Å²) in [6.07, 6.45) is 4.85. The molecule has 2 unspecified atom stereocenters. The molecular weight excluding hydrogens is 236 g/mol. The van der Waals surface area contributed by atoms with E-state index in [1.54, 1.807) is 0 Å². The Morgan fingerprint density at radius 1 is 1.26 bits per heavy atom. The van der Waals surface area contributed by atoms with Gasteiger partial charge >= 0.3 is 0 Å². The molecular formula is C16H28N2O. The number of hydrogen-bond donors (Lipinski definition) is 0. The SMILES string of the molecule is CC(C)C1CN(CCC2CCOCC2)CCC1C#N. The van der Waals surface area contributed by atoms with Gasteiger partial charge in [0.25, 0.3) is 0 Å². The lowest BCUT2D eigenvalue weighted by Crippen LogP contribution is -2.43. The Balaban J connectivity index is 1.77. The highest BCUT2D eigenvalue weighted by Gasteiger charge is 2.31. The van der Waals surface area contributed by atoms with Crippen LogP contribution in [-0.4, -0.2) is 37.7 Å². The number of ether oxygens (including phenoxy) is 1. The van der Waals surface area contributed by atoms with Crippen molar-refractivity contribution >= 4 is 0 Å². The molecule has 19 heavy (non-hydrogen) atoms. The molecule has 108 valence electrons. The molecule has 0 aromatic carbocycles. The third kappa shape index (κ3) is 4.19. The average molecular weight is 264 g/mol. The minimum absolute atomic E-state index is 0.277. The normalized spacial score (nSPS) is 30.4. The number of hydrogen-bond acceptors (Lipinski definition) is 3.